The van der Waals surface area contributed by atoms with Gasteiger partial charge in [0, 0.05) is 24.2 Å². The number of nitrogens with zero attached hydrogens (tertiary/aromatic N) is 3. The van der Waals surface area contributed by atoms with E-state index in [1.807, 2.05) is 0 Å². The van der Waals surface area contributed by atoms with Crippen LogP contribution in [0.4, 0.5) is 11.4 Å². The number of sulfonamides is 2. The van der Waals surface area contributed by atoms with Crippen LogP contribution in [0.2, 0.25) is 0 Å². The van der Waals surface area contributed by atoms with Crippen LogP contribution in [0, 0.1) is 10.1 Å². The molecule has 1 aliphatic heterocycles. The van der Waals surface area contributed by atoms with Crippen LogP contribution in [0.1, 0.15) is 30.5 Å². The molecule has 1 aliphatic rings. The van der Waals surface area contributed by atoms with Gasteiger partial charge in [0.2, 0.25) is 10.0 Å². The van der Waals surface area contributed by atoms with Gasteiger partial charge in [0.15, 0.2) is 0 Å². The van der Waals surface area contributed by atoms with Gasteiger partial charge >= 0.3 is 0 Å². The van der Waals surface area contributed by atoms with Crippen LogP contribution in [0.25, 0.3) is 0 Å². The molecule has 1 N–H and O–H groups in total. The molecule has 1 heterocycles. The van der Waals surface area contributed by atoms with Crippen molar-refractivity contribution in [2.75, 3.05) is 10.5 Å². The summed E-state index contributed by atoms with van der Waals surface area (Å²) in [6.07, 6.45) is 0.136. The fourth-order valence-corrected chi connectivity index (χ4v) is 5.78. The molecule has 0 spiro atoms. The van der Waals surface area contributed by atoms with Crippen molar-refractivity contribution in [2.45, 2.75) is 24.3 Å². The summed E-state index contributed by atoms with van der Waals surface area (Å²) in [7, 11) is -7.60. The summed E-state index contributed by atoms with van der Waals surface area (Å²) in [6.45, 7) is 1.52. The Morgan fingerprint density at radius 1 is 1.00 bits per heavy atom. The molecule has 3 aromatic rings. The summed E-state index contributed by atoms with van der Waals surface area (Å²) in [6, 6.07) is 19.3. The van der Waals surface area contributed by atoms with Crippen LogP contribution in [0.15, 0.2) is 88.9 Å². The number of anilines is 1. The zero-order chi connectivity index (χ0) is 25.2. The molecule has 0 radical (unpaired) electrons. The number of rotatable bonds is 8. The molecular weight excluding hydrogens is 492 g/mol. The first-order chi connectivity index (χ1) is 16.6. The van der Waals surface area contributed by atoms with Crippen molar-refractivity contribution in [3.63, 3.8) is 0 Å². The number of hydrazone groups is 1. The molecule has 0 fully saturated rings. The van der Waals surface area contributed by atoms with Crippen LogP contribution >= 0.6 is 0 Å². The Morgan fingerprint density at radius 2 is 1.71 bits per heavy atom. The van der Waals surface area contributed by atoms with Gasteiger partial charge in [0.1, 0.15) is 0 Å². The average molecular weight is 515 g/mol. The number of nitro benzene ring substituents is 1. The van der Waals surface area contributed by atoms with Gasteiger partial charge in [-0.3, -0.25) is 14.8 Å². The maximum absolute atomic E-state index is 13.5. The maximum Gasteiger partial charge on any atom is 0.279 e. The second-order valence-corrected chi connectivity index (χ2v) is 11.6. The number of hydrogen-bond donors (Lipinski definition) is 1. The Hall–Kier alpha value is -3.77. The lowest BCUT2D eigenvalue weighted by Gasteiger charge is -2.23. The van der Waals surface area contributed by atoms with E-state index in [1.165, 1.54) is 37.3 Å². The van der Waals surface area contributed by atoms with Gasteiger partial charge in [-0.05, 0) is 42.3 Å². The van der Waals surface area contributed by atoms with E-state index in [0.29, 0.717) is 22.5 Å². The van der Waals surface area contributed by atoms with E-state index in [4.69, 9.17) is 0 Å². The smallest absolute Gasteiger partial charge is 0.279 e. The van der Waals surface area contributed by atoms with Crippen molar-refractivity contribution in [3.05, 3.63) is 100 Å². The summed E-state index contributed by atoms with van der Waals surface area (Å²) in [4.78, 5) is 10.8. The van der Waals surface area contributed by atoms with Crippen molar-refractivity contribution in [1.82, 2.24) is 4.41 Å². The van der Waals surface area contributed by atoms with Gasteiger partial charge in [-0.25, -0.2) is 8.42 Å². The highest BCUT2D eigenvalue weighted by molar-refractivity contribution is 7.92. The van der Waals surface area contributed by atoms with Crippen LogP contribution in [0.3, 0.4) is 0 Å². The van der Waals surface area contributed by atoms with E-state index in [9.17, 15) is 26.9 Å². The van der Waals surface area contributed by atoms with Gasteiger partial charge in [-0.1, -0.05) is 42.5 Å². The quantitative estimate of drug-likeness (QED) is 0.357. The molecular formula is C23H22N4O6S2. The van der Waals surface area contributed by atoms with Gasteiger partial charge in [-0.2, -0.15) is 17.9 Å². The lowest BCUT2D eigenvalue weighted by Crippen LogP contribution is -2.27. The first-order valence-electron chi connectivity index (χ1n) is 10.6. The second kappa shape index (κ2) is 9.47. The molecule has 0 aliphatic carbocycles. The zero-order valence-corrected chi connectivity index (χ0v) is 20.2. The summed E-state index contributed by atoms with van der Waals surface area (Å²) >= 11 is 0. The van der Waals surface area contributed by atoms with Gasteiger partial charge in [-0.15, -0.1) is 0 Å². The van der Waals surface area contributed by atoms with Crippen LogP contribution < -0.4 is 4.72 Å². The van der Waals surface area contributed by atoms with Crippen molar-refractivity contribution in [3.8, 4) is 0 Å². The lowest BCUT2D eigenvalue weighted by molar-refractivity contribution is -0.384. The molecule has 12 heteroatoms. The van der Waals surface area contributed by atoms with Crippen molar-refractivity contribution >= 4 is 37.1 Å². The van der Waals surface area contributed by atoms with Crippen LogP contribution in [0.5, 0.6) is 0 Å². The first kappa shape index (κ1) is 24.4. The minimum Gasteiger partial charge on any atom is -0.284 e. The average Bonchev–Trinajstić information content (AvgIpc) is 3.31. The highest BCUT2D eigenvalue weighted by Crippen LogP contribution is 2.38. The normalized spacial score (nSPS) is 16.1. The van der Waals surface area contributed by atoms with E-state index in [0.717, 1.165) is 4.41 Å². The molecule has 4 rings (SSSR count). The molecule has 0 aromatic heterocycles. The maximum atomic E-state index is 13.5. The minimum atomic E-state index is -4.09. The van der Waals surface area contributed by atoms with E-state index >= 15 is 0 Å². The molecule has 0 amide bonds. The summed E-state index contributed by atoms with van der Waals surface area (Å²) in [5, 5.41) is 15.7. The summed E-state index contributed by atoms with van der Waals surface area (Å²) < 4.78 is 54.4. The molecule has 0 bridgehead atoms. The monoisotopic (exact) mass is 514 g/mol. The molecule has 1 atom stereocenters. The highest BCUT2D eigenvalue weighted by Gasteiger charge is 2.38. The molecule has 0 saturated carbocycles. The first-order valence-corrected chi connectivity index (χ1v) is 13.7. The molecule has 35 heavy (non-hydrogen) atoms. The summed E-state index contributed by atoms with van der Waals surface area (Å²) in [5.41, 5.74) is 1.51. The number of hydrogen-bond acceptors (Lipinski definition) is 7. The Labute approximate surface area is 203 Å². The standard InChI is InChI=1S/C23H22N4O6S2/c1-2-34(30,31)25-19-10-6-8-17(14-19)22-16-23(18-9-7-11-20(15-18)27(28)29)26(24-22)35(32,33)21-12-4-3-5-13-21/h3-15,23,25H,2,16H2,1H3. The number of non-ortho nitro benzene ring substituents is 1. The predicted octanol–water partition coefficient (Wildman–Crippen LogP) is 3.90. The van der Waals surface area contributed by atoms with E-state index in [-0.39, 0.29) is 22.8 Å². The number of benzene rings is 3. The van der Waals surface area contributed by atoms with Crippen molar-refractivity contribution in [1.29, 1.82) is 0 Å². The Morgan fingerprint density at radius 3 is 2.40 bits per heavy atom. The topological polar surface area (TPSA) is 139 Å². The molecule has 3 aromatic carbocycles. The zero-order valence-electron chi connectivity index (χ0n) is 18.6. The SMILES string of the molecule is CCS(=O)(=O)Nc1cccc(C2=NN(S(=O)(=O)c3ccccc3)C(c3cccc([N+](=O)[O-])c3)C2)c1. The second-order valence-electron chi connectivity index (χ2n) is 7.80. The van der Waals surface area contributed by atoms with Crippen LogP contribution in [-0.2, 0) is 20.0 Å². The van der Waals surface area contributed by atoms with Gasteiger partial charge in [0.25, 0.3) is 15.7 Å². The minimum absolute atomic E-state index is 0.0323. The molecule has 0 saturated heterocycles. The highest BCUT2D eigenvalue weighted by atomic mass is 32.2. The van der Waals surface area contributed by atoms with E-state index in [2.05, 4.69) is 9.82 Å². The Kier molecular flexibility index (Phi) is 6.59. The Balaban J connectivity index is 1.79. The number of nitrogens with one attached hydrogen (secondary N) is 1. The van der Waals surface area contributed by atoms with Gasteiger partial charge in [0.05, 0.1) is 27.3 Å². The van der Waals surface area contributed by atoms with Crippen molar-refractivity contribution < 1.29 is 21.8 Å². The third kappa shape index (κ3) is 5.17. The van der Waals surface area contributed by atoms with Gasteiger partial charge < -0.3 is 0 Å². The number of nitro groups is 1. The summed E-state index contributed by atoms with van der Waals surface area (Å²) in [5.74, 6) is -0.101. The van der Waals surface area contributed by atoms with E-state index in [1.54, 1.807) is 48.5 Å². The third-order valence-electron chi connectivity index (χ3n) is 5.47. The largest absolute Gasteiger partial charge is 0.284 e. The fourth-order valence-electron chi connectivity index (χ4n) is 3.69. The van der Waals surface area contributed by atoms with Crippen molar-refractivity contribution in [2.24, 2.45) is 5.10 Å². The Bertz CT molecular complexity index is 1510. The van der Waals surface area contributed by atoms with E-state index < -0.39 is 31.0 Å². The lowest BCUT2D eigenvalue weighted by atomic mass is 9.98. The molecule has 10 nitrogen and oxygen atoms in total. The fraction of sp³-hybridized carbons (Fsp3) is 0.174. The molecule has 182 valence electrons. The third-order valence-corrected chi connectivity index (χ3v) is 8.48. The van der Waals surface area contributed by atoms with Crippen LogP contribution in [-0.4, -0.2) is 37.6 Å². The predicted molar refractivity (Wildman–Crippen MR) is 132 cm³/mol. The molecule has 1 unspecified atom stereocenters.